The molecule has 6 nitrogen and oxygen atoms in total. The van der Waals surface area contributed by atoms with E-state index in [1.807, 2.05) is 43.0 Å². The second-order valence-corrected chi connectivity index (χ2v) is 8.00. The van der Waals surface area contributed by atoms with Crippen LogP contribution in [0.15, 0.2) is 53.5 Å². The maximum atomic E-state index is 14.4. The first-order valence-corrected chi connectivity index (χ1v) is 10.7. The average molecular weight is 427 g/mol. The number of nitrogens with one attached hydrogen (secondary N) is 2. The Morgan fingerprint density at radius 2 is 2.03 bits per heavy atom. The molecule has 2 aromatic rings. The largest absolute Gasteiger partial charge is 0.454 e. The Kier molecular flexibility index (Phi) is 7.87. The minimum Gasteiger partial charge on any atom is -0.454 e. The number of hydrogen-bond acceptors (Lipinski definition) is 3. The summed E-state index contributed by atoms with van der Waals surface area (Å²) >= 11 is 0. The van der Waals surface area contributed by atoms with Crippen molar-refractivity contribution in [2.45, 2.75) is 32.7 Å². The van der Waals surface area contributed by atoms with Gasteiger partial charge in [0.1, 0.15) is 5.75 Å². The van der Waals surface area contributed by atoms with Gasteiger partial charge in [0, 0.05) is 38.6 Å². The van der Waals surface area contributed by atoms with Crippen molar-refractivity contribution in [3.63, 3.8) is 0 Å². The standard InChI is InChI=1S/C24H31FN4O2/c1-17(2)23(30)29-14-12-19(16-29)28-24(26-3)27-13-11-18-9-10-22(21(25)15-18)31-20-7-5-4-6-8-20/h4-10,15,17,19H,11-14,16H2,1-3H3,(H2,26,27,28). The lowest BCUT2D eigenvalue weighted by molar-refractivity contribution is -0.133. The molecule has 166 valence electrons. The van der Waals surface area contributed by atoms with E-state index in [-0.39, 0.29) is 29.4 Å². The van der Waals surface area contributed by atoms with E-state index >= 15 is 0 Å². The maximum Gasteiger partial charge on any atom is 0.225 e. The SMILES string of the molecule is CN=C(NCCc1ccc(Oc2ccccc2)c(F)c1)NC1CCN(C(=O)C(C)C)C1. The summed E-state index contributed by atoms with van der Waals surface area (Å²) in [5.74, 6) is 1.32. The lowest BCUT2D eigenvalue weighted by atomic mass is 10.1. The second-order valence-electron chi connectivity index (χ2n) is 8.00. The van der Waals surface area contributed by atoms with E-state index in [9.17, 15) is 9.18 Å². The van der Waals surface area contributed by atoms with Crippen molar-refractivity contribution in [2.24, 2.45) is 10.9 Å². The third-order valence-corrected chi connectivity index (χ3v) is 5.23. The minimum atomic E-state index is -0.385. The maximum absolute atomic E-state index is 14.4. The van der Waals surface area contributed by atoms with Crippen molar-refractivity contribution in [2.75, 3.05) is 26.7 Å². The summed E-state index contributed by atoms with van der Waals surface area (Å²) in [6.07, 6.45) is 1.54. The van der Waals surface area contributed by atoms with Crippen molar-refractivity contribution in [1.82, 2.24) is 15.5 Å². The predicted octanol–water partition coefficient (Wildman–Crippen LogP) is 3.58. The molecule has 1 amide bonds. The molecule has 1 aliphatic rings. The van der Waals surface area contributed by atoms with Crippen LogP contribution in [-0.2, 0) is 11.2 Å². The van der Waals surface area contributed by atoms with Crippen LogP contribution in [0, 0.1) is 11.7 Å². The Morgan fingerprint density at radius 3 is 2.71 bits per heavy atom. The number of carbonyl (C=O) groups is 1. The van der Waals surface area contributed by atoms with Gasteiger partial charge >= 0.3 is 0 Å². The van der Waals surface area contributed by atoms with Gasteiger partial charge in [-0.1, -0.05) is 38.1 Å². The first-order valence-electron chi connectivity index (χ1n) is 10.7. The molecule has 7 heteroatoms. The molecule has 1 fully saturated rings. The minimum absolute atomic E-state index is 0.0149. The highest BCUT2D eigenvalue weighted by molar-refractivity contribution is 5.81. The normalized spacial score (nSPS) is 16.5. The van der Waals surface area contributed by atoms with E-state index in [1.165, 1.54) is 6.07 Å². The van der Waals surface area contributed by atoms with Gasteiger partial charge in [0.2, 0.25) is 5.91 Å². The van der Waals surface area contributed by atoms with Crippen molar-refractivity contribution in [1.29, 1.82) is 0 Å². The van der Waals surface area contributed by atoms with Crippen molar-refractivity contribution in [3.05, 3.63) is 59.9 Å². The molecule has 1 unspecified atom stereocenters. The molecule has 0 radical (unpaired) electrons. The van der Waals surface area contributed by atoms with Gasteiger partial charge in [-0.25, -0.2) is 4.39 Å². The van der Waals surface area contributed by atoms with Crippen LogP contribution in [0.5, 0.6) is 11.5 Å². The van der Waals surface area contributed by atoms with E-state index in [2.05, 4.69) is 15.6 Å². The summed E-state index contributed by atoms with van der Waals surface area (Å²) in [5, 5.41) is 6.64. The van der Waals surface area contributed by atoms with Gasteiger partial charge in [-0.05, 0) is 42.7 Å². The van der Waals surface area contributed by atoms with Gasteiger partial charge in [-0.3, -0.25) is 9.79 Å². The summed E-state index contributed by atoms with van der Waals surface area (Å²) in [6.45, 7) is 5.91. The fraction of sp³-hybridized carbons (Fsp3) is 0.417. The van der Waals surface area contributed by atoms with Crippen molar-refractivity contribution < 1.29 is 13.9 Å². The van der Waals surface area contributed by atoms with Gasteiger partial charge in [0.15, 0.2) is 17.5 Å². The predicted molar refractivity (Wildman–Crippen MR) is 121 cm³/mol. The van der Waals surface area contributed by atoms with Crippen LogP contribution in [0.25, 0.3) is 0 Å². The Labute approximate surface area is 183 Å². The van der Waals surface area contributed by atoms with Crippen LogP contribution in [-0.4, -0.2) is 49.5 Å². The summed E-state index contributed by atoms with van der Waals surface area (Å²) in [4.78, 5) is 18.3. The first-order chi connectivity index (χ1) is 15.0. The number of rotatable bonds is 7. The van der Waals surface area contributed by atoms with Crippen molar-refractivity contribution in [3.8, 4) is 11.5 Å². The lowest BCUT2D eigenvalue weighted by Crippen LogP contribution is -2.45. The van der Waals surface area contributed by atoms with E-state index in [4.69, 9.17) is 4.74 Å². The smallest absolute Gasteiger partial charge is 0.225 e. The summed E-state index contributed by atoms with van der Waals surface area (Å²) in [6, 6.07) is 14.4. The second kappa shape index (κ2) is 10.8. The molecule has 0 aliphatic carbocycles. The Morgan fingerprint density at radius 1 is 1.26 bits per heavy atom. The van der Waals surface area contributed by atoms with Crippen molar-refractivity contribution >= 4 is 11.9 Å². The number of ether oxygens (including phenoxy) is 1. The summed E-state index contributed by atoms with van der Waals surface area (Å²) in [5.41, 5.74) is 0.871. The molecular weight excluding hydrogens is 395 g/mol. The highest BCUT2D eigenvalue weighted by Crippen LogP contribution is 2.25. The molecule has 3 rings (SSSR count). The van der Waals surface area contributed by atoms with E-state index in [1.54, 1.807) is 25.2 Å². The number of likely N-dealkylation sites (tertiary alicyclic amines) is 1. The number of aliphatic imine (C=N–C) groups is 1. The molecule has 1 aliphatic heterocycles. The Bertz CT molecular complexity index is 902. The highest BCUT2D eigenvalue weighted by atomic mass is 19.1. The molecular formula is C24H31FN4O2. The summed E-state index contributed by atoms with van der Waals surface area (Å²) < 4.78 is 20.0. The number of hydrogen-bond donors (Lipinski definition) is 2. The van der Waals surface area contributed by atoms with Gasteiger partial charge in [-0.15, -0.1) is 0 Å². The van der Waals surface area contributed by atoms with Crippen LogP contribution in [0.4, 0.5) is 4.39 Å². The van der Waals surface area contributed by atoms with E-state index in [0.29, 0.717) is 31.2 Å². The topological polar surface area (TPSA) is 66.0 Å². The number of halogens is 1. The van der Waals surface area contributed by atoms with Crippen LogP contribution in [0.2, 0.25) is 0 Å². The monoisotopic (exact) mass is 426 g/mol. The van der Waals surface area contributed by atoms with Gasteiger partial charge in [0.05, 0.1) is 0 Å². The molecule has 0 aromatic heterocycles. The van der Waals surface area contributed by atoms with Crippen LogP contribution >= 0.6 is 0 Å². The van der Waals surface area contributed by atoms with Gasteiger partial charge in [0.25, 0.3) is 0 Å². The molecule has 31 heavy (non-hydrogen) atoms. The lowest BCUT2D eigenvalue weighted by Gasteiger charge is -2.20. The molecule has 1 atom stereocenters. The fourth-order valence-corrected chi connectivity index (χ4v) is 3.55. The van der Waals surface area contributed by atoms with E-state index < -0.39 is 0 Å². The van der Waals surface area contributed by atoms with Crippen LogP contribution < -0.4 is 15.4 Å². The number of para-hydroxylation sites is 1. The van der Waals surface area contributed by atoms with Crippen LogP contribution in [0.3, 0.4) is 0 Å². The van der Waals surface area contributed by atoms with E-state index in [0.717, 1.165) is 18.5 Å². The molecule has 2 N–H and O–H groups in total. The number of amides is 1. The Hall–Kier alpha value is -3.09. The molecule has 1 heterocycles. The Balaban J connectivity index is 1.45. The number of benzene rings is 2. The quantitative estimate of drug-likeness (QED) is 0.525. The third kappa shape index (κ3) is 6.44. The zero-order valence-corrected chi connectivity index (χ0v) is 18.4. The third-order valence-electron chi connectivity index (χ3n) is 5.23. The zero-order valence-electron chi connectivity index (χ0n) is 18.4. The number of nitrogens with zero attached hydrogens (tertiary/aromatic N) is 2. The molecule has 0 bridgehead atoms. The molecule has 1 saturated heterocycles. The summed E-state index contributed by atoms with van der Waals surface area (Å²) in [7, 11) is 1.72. The number of carbonyl (C=O) groups excluding carboxylic acids is 1. The molecule has 2 aromatic carbocycles. The van der Waals surface area contributed by atoms with Crippen LogP contribution in [0.1, 0.15) is 25.8 Å². The first kappa shape index (κ1) is 22.6. The zero-order chi connectivity index (χ0) is 22.2. The fourth-order valence-electron chi connectivity index (χ4n) is 3.55. The van der Waals surface area contributed by atoms with Gasteiger partial charge in [-0.2, -0.15) is 0 Å². The molecule has 0 spiro atoms. The average Bonchev–Trinajstić information content (AvgIpc) is 3.23. The molecule has 0 saturated carbocycles. The number of guanidine groups is 1. The van der Waals surface area contributed by atoms with Gasteiger partial charge < -0.3 is 20.3 Å². The highest BCUT2D eigenvalue weighted by Gasteiger charge is 2.27.